The van der Waals surface area contributed by atoms with Crippen LogP contribution < -0.4 is 14.9 Å². The minimum atomic E-state index is -0.717. The number of para-hydroxylation sites is 1. The van der Waals surface area contributed by atoms with Crippen molar-refractivity contribution in [1.29, 1.82) is 0 Å². The molecule has 12 nitrogen and oxygen atoms in total. The highest BCUT2D eigenvalue weighted by Crippen LogP contribution is 2.32. The Bertz CT molecular complexity index is 1220. The molecule has 3 aromatic rings. The standard InChI is InChI=1S/C21H18N4O6.C3H7NO/c1-30-20-9-5-8-16(21(20)31-14-15-6-3-2-4-7-15)13-22-23-18-11-10-17(24(26)27)12-19(18)25(28)29;1-4(2)3-5/h2-13,23H,14H2,1H3;3H,1-2H3/b22-13+;. The van der Waals surface area contributed by atoms with Gasteiger partial charge in [0.1, 0.15) is 12.3 Å². The molecule has 36 heavy (non-hydrogen) atoms. The number of amides is 1. The van der Waals surface area contributed by atoms with E-state index in [0.717, 1.165) is 24.1 Å². The molecule has 3 rings (SSSR count). The molecule has 0 bridgehead atoms. The Labute approximate surface area is 207 Å². The summed E-state index contributed by atoms with van der Waals surface area (Å²) < 4.78 is 11.3. The number of hydrogen-bond donors (Lipinski definition) is 1. The largest absolute Gasteiger partial charge is 0.493 e. The van der Waals surface area contributed by atoms with E-state index in [4.69, 9.17) is 9.47 Å². The summed E-state index contributed by atoms with van der Waals surface area (Å²) in [7, 11) is 4.89. The third-order valence-electron chi connectivity index (χ3n) is 4.44. The fourth-order valence-corrected chi connectivity index (χ4v) is 2.73. The third-order valence-corrected chi connectivity index (χ3v) is 4.44. The normalized spacial score (nSPS) is 10.1. The molecule has 3 aromatic carbocycles. The molecular weight excluding hydrogens is 470 g/mol. The van der Waals surface area contributed by atoms with Crippen molar-refractivity contribution in [2.24, 2.45) is 5.10 Å². The summed E-state index contributed by atoms with van der Waals surface area (Å²) in [4.78, 5) is 31.6. The van der Waals surface area contributed by atoms with E-state index < -0.39 is 15.5 Å². The van der Waals surface area contributed by atoms with Gasteiger partial charge in [-0.15, -0.1) is 0 Å². The Morgan fingerprint density at radius 2 is 1.69 bits per heavy atom. The van der Waals surface area contributed by atoms with Crippen LogP contribution in [0.2, 0.25) is 0 Å². The van der Waals surface area contributed by atoms with Gasteiger partial charge in [-0.2, -0.15) is 5.10 Å². The minimum absolute atomic E-state index is 0.0153. The Hall–Kier alpha value is -5.00. The molecule has 0 saturated heterocycles. The van der Waals surface area contributed by atoms with Crippen molar-refractivity contribution >= 4 is 29.7 Å². The summed E-state index contributed by atoms with van der Waals surface area (Å²) in [6.45, 7) is 0.309. The van der Waals surface area contributed by atoms with Crippen molar-refractivity contribution in [3.05, 3.63) is 98.1 Å². The Balaban J connectivity index is 0.000000830. The smallest absolute Gasteiger partial charge is 0.301 e. The van der Waals surface area contributed by atoms with Gasteiger partial charge in [-0.05, 0) is 23.8 Å². The number of nitrogens with zero attached hydrogens (tertiary/aromatic N) is 4. The molecule has 188 valence electrons. The van der Waals surface area contributed by atoms with Gasteiger partial charge >= 0.3 is 5.69 Å². The molecule has 1 N–H and O–H groups in total. The summed E-state index contributed by atoms with van der Waals surface area (Å²) in [6.07, 6.45) is 2.17. The zero-order valence-corrected chi connectivity index (χ0v) is 19.9. The molecule has 0 aliphatic rings. The highest BCUT2D eigenvalue weighted by atomic mass is 16.6. The number of nitrogens with one attached hydrogen (secondary N) is 1. The van der Waals surface area contributed by atoms with Crippen LogP contribution in [0.5, 0.6) is 11.5 Å². The van der Waals surface area contributed by atoms with Crippen LogP contribution >= 0.6 is 0 Å². The van der Waals surface area contributed by atoms with Crippen LogP contribution in [0.25, 0.3) is 0 Å². The molecule has 0 aromatic heterocycles. The van der Waals surface area contributed by atoms with Gasteiger partial charge in [-0.25, -0.2) is 0 Å². The third kappa shape index (κ3) is 8.09. The van der Waals surface area contributed by atoms with Gasteiger partial charge < -0.3 is 14.4 Å². The summed E-state index contributed by atoms with van der Waals surface area (Å²) in [5.74, 6) is 0.957. The van der Waals surface area contributed by atoms with Crippen LogP contribution in [0.4, 0.5) is 17.1 Å². The van der Waals surface area contributed by atoms with Crippen molar-refractivity contribution in [2.75, 3.05) is 26.6 Å². The molecule has 0 aliphatic carbocycles. The molecule has 0 atom stereocenters. The quantitative estimate of drug-likeness (QED) is 0.190. The van der Waals surface area contributed by atoms with E-state index in [1.165, 1.54) is 24.3 Å². The number of anilines is 1. The minimum Gasteiger partial charge on any atom is -0.493 e. The maximum absolute atomic E-state index is 11.2. The lowest BCUT2D eigenvalue weighted by Gasteiger charge is -2.13. The molecular formula is C24H25N5O7. The number of nitro benzene ring substituents is 2. The number of methoxy groups -OCH3 is 1. The molecule has 1 amide bonds. The molecule has 12 heteroatoms. The number of benzene rings is 3. The highest BCUT2D eigenvalue weighted by molar-refractivity contribution is 5.85. The Morgan fingerprint density at radius 3 is 2.28 bits per heavy atom. The number of ether oxygens (including phenoxy) is 2. The molecule has 0 saturated carbocycles. The zero-order chi connectivity index (χ0) is 26.5. The molecule has 0 fully saturated rings. The maximum atomic E-state index is 11.2. The molecule has 0 unspecified atom stereocenters. The molecule has 0 spiro atoms. The number of hydrogen-bond acceptors (Lipinski definition) is 9. The number of nitro groups is 2. The van der Waals surface area contributed by atoms with E-state index in [1.54, 1.807) is 32.3 Å². The number of hydrazone groups is 1. The van der Waals surface area contributed by atoms with Crippen LogP contribution in [0.3, 0.4) is 0 Å². The summed E-state index contributed by atoms with van der Waals surface area (Å²) in [6, 6.07) is 18.1. The van der Waals surface area contributed by atoms with E-state index >= 15 is 0 Å². The number of rotatable bonds is 10. The lowest BCUT2D eigenvalue weighted by atomic mass is 10.2. The lowest BCUT2D eigenvalue weighted by Crippen LogP contribution is -2.06. The van der Waals surface area contributed by atoms with Crippen LogP contribution in [0, 0.1) is 20.2 Å². The van der Waals surface area contributed by atoms with Gasteiger partial charge in [0.15, 0.2) is 11.5 Å². The number of non-ortho nitro benzene ring substituents is 1. The maximum Gasteiger partial charge on any atom is 0.301 e. The summed E-state index contributed by atoms with van der Waals surface area (Å²) >= 11 is 0. The number of carbonyl (C=O) groups excluding carboxylic acids is 1. The molecule has 0 heterocycles. The van der Waals surface area contributed by atoms with E-state index in [-0.39, 0.29) is 11.4 Å². The van der Waals surface area contributed by atoms with Crippen LogP contribution in [0.15, 0.2) is 71.8 Å². The zero-order valence-electron chi connectivity index (χ0n) is 19.9. The monoisotopic (exact) mass is 495 g/mol. The number of carbonyl (C=O) groups is 1. The average Bonchev–Trinajstić information content (AvgIpc) is 2.88. The molecule has 0 radical (unpaired) electrons. The van der Waals surface area contributed by atoms with Gasteiger partial charge in [0.25, 0.3) is 5.69 Å². The fourth-order valence-electron chi connectivity index (χ4n) is 2.73. The average molecular weight is 495 g/mol. The van der Waals surface area contributed by atoms with Crippen molar-refractivity contribution in [3.8, 4) is 11.5 Å². The highest BCUT2D eigenvalue weighted by Gasteiger charge is 2.19. The molecule has 0 aliphatic heterocycles. The Morgan fingerprint density at radius 1 is 1.00 bits per heavy atom. The van der Waals surface area contributed by atoms with E-state index in [1.807, 2.05) is 30.3 Å². The van der Waals surface area contributed by atoms with E-state index in [0.29, 0.717) is 23.7 Å². The summed E-state index contributed by atoms with van der Waals surface area (Å²) in [5.41, 5.74) is 3.27. The topological polar surface area (TPSA) is 149 Å². The lowest BCUT2D eigenvalue weighted by molar-refractivity contribution is -0.393. The first-order valence-electron chi connectivity index (χ1n) is 10.4. The fraction of sp³-hybridized carbons (Fsp3) is 0.167. The van der Waals surface area contributed by atoms with Crippen LogP contribution in [0.1, 0.15) is 11.1 Å². The first-order chi connectivity index (χ1) is 17.3. The SMILES string of the molecule is CN(C)C=O.COc1cccc(/C=N/Nc2ccc([N+](=O)[O-])cc2[N+](=O)[O-])c1OCc1ccccc1. The van der Waals surface area contributed by atoms with Gasteiger partial charge in [-0.1, -0.05) is 36.4 Å². The second kappa shape index (κ2) is 13.6. The van der Waals surface area contributed by atoms with Gasteiger partial charge in [0.05, 0.1) is 29.2 Å². The first-order valence-corrected chi connectivity index (χ1v) is 10.4. The Kier molecular flexibility index (Phi) is 10.3. The van der Waals surface area contributed by atoms with Crippen LogP contribution in [-0.2, 0) is 11.4 Å². The van der Waals surface area contributed by atoms with Crippen molar-refractivity contribution in [3.63, 3.8) is 0 Å². The van der Waals surface area contributed by atoms with Crippen molar-refractivity contribution < 1.29 is 24.1 Å². The second-order valence-electron chi connectivity index (χ2n) is 7.31. The van der Waals surface area contributed by atoms with Gasteiger partial charge in [-0.3, -0.25) is 30.4 Å². The van der Waals surface area contributed by atoms with Gasteiger partial charge in [0, 0.05) is 25.7 Å². The van der Waals surface area contributed by atoms with Crippen molar-refractivity contribution in [1.82, 2.24) is 4.90 Å². The second-order valence-corrected chi connectivity index (χ2v) is 7.31. The van der Waals surface area contributed by atoms with E-state index in [9.17, 15) is 25.0 Å². The van der Waals surface area contributed by atoms with Gasteiger partial charge in [0.2, 0.25) is 6.41 Å². The summed E-state index contributed by atoms with van der Waals surface area (Å²) in [5, 5.41) is 26.1. The van der Waals surface area contributed by atoms with E-state index in [2.05, 4.69) is 10.5 Å². The van der Waals surface area contributed by atoms with Crippen molar-refractivity contribution in [2.45, 2.75) is 6.61 Å². The predicted molar refractivity (Wildman–Crippen MR) is 134 cm³/mol. The predicted octanol–water partition coefficient (Wildman–Crippen LogP) is 4.24. The first kappa shape index (κ1) is 27.2. The van der Waals surface area contributed by atoms with Crippen LogP contribution in [-0.4, -0.2) is 48.6 Å².